The Labute approximate surface area is 128 Å². The van der Waals surface area contributed by atoms with E-state index < -0.39 is 24.2 Å². The number of benzene rings is 1. The average Bonchev–Trinajstić information content (AvgIpc) is 2.79. The van der Waals surface area contributed by atoms with Crippen LogP contribution in [0.25, 0.3) is 21.8 Å². The molecule has 118 valence electrons. The molecule has 0 bridgehead atoms. The van der Waals surface area contributed by atoms with Gasteiger partial charge in [-0.05, 0) is 12.1 Å². The second-order valence-corrected chi connectivity index (χ2v) is 5.18. The molecule has 0 aliphatic rings. The van der Waals surface area contributed by atoms with Crippen LogP contribution in [0, 0.1) is 0 Å². The summed E-state index contributed by atoms with van der Waals surface area (Å²) in [5.41, 5.74) is 1.52. The molecule has 23 heavy (non-hydrogen) atoms. The van der Waals surface area contributed by atoms with E-state index in [9.17, 15) is 22.8 Å². The van der Waals surface area contributed by atoms with Crippen LogP contribution in [-0.2, 0) is 11.8 Å². The van der Waals surface area contributed by atoms with Gasteiger partial charge in [0.2, 0.25) is 5.78 Å². The minimum absolute atomic E-state index is 0.147. The van der Waals surface area contributed by atoms with Crippen molar-refractivity contribution in [2.24, 2.45) is 7.05 Å². The number of carbonyl (C=O) groups excluding carboxylic acids is 2. The molecule has 0 aliphatic carbocycles. The van der Waals surface area contributed by atoms with Crippen LogP contribution in [0.15, 0.2) is 36.5 Å². The van der Waals surface area contributed by atoms with Gasteiger partial charge in [0.05, 0.1) is 18.1 Å². The summed E-state index contributed by atoms with van der Waals surface area (Å²) in [5, 5.41) is 1.57. The van der Waals surface area contributed by atoms with E-state index in [1.54, 1.807) is 0 Å². The Morgan fingerprint density at radius 2 is 1.83 bits per heavy atom. The lowest BCUT2D eigenvalue weighted by Gasteiger charge is -2.04. The third-order valence-electron chi connectivity index (χ3n) is 3.72. The van der Waals surface area contributed by atoms with Gasteiger partial charge in [-0.2, -0.15) is 13.2 Å². The topological polar surface area (TPSA) is 52.0 Å². The summed E-state index contributed by atoms with van der Waals surface area (Å²) in [6, 6.07) is 8.88. The first kappa shape index (κ1) is 15.2. The number of rotatable bonds is 3. The second-order valence-electron chi connectivity index (χ2n) is 5.18. The predicted octanol–water partition coefficient (Wildman–Crippen LogP) is 3.43. The van der Waals surface area contributed by atoms with Crippen LogP contribution >= 0.6 is 0 Å². The van der Waals surface area contributed by atoms with Crippen LogP contribution in [0.1, 0.15) is 16.9 Å². The van der Waals surface area contributed by atoms with Crippen molar-refractivity contribution in [2.75, 3.05) is 0 Å². The summed E-state index contributed by atoms with van der Waals surface area (Å²) >= 11 is 0. The number of nitrogens with zero attached hydrogens (tertiary/aromatic N) is 2. The molecule has 3 aromatic rings. The number of hydrogen-bond donors (Lipinski definition) is 0. The van der Waals surface area contributed by atoms with Gasteiger partial charge in [0.15, 0.2) is 5.78 Å². The van der Waals surface area contributed by atoms with E-state index in [4.69, 9.17) is 0 Å². The summed E-state index contributed by atoms with van der Waals surface area (Å²) in [5.74, 6) is -3.01. The largest absolute Gasteiger partial charge is 0.450 e. The highest BCUT2D eigenvalue weighted by molar-refractivity contribution is 6.13. The summed E-state index contributed by atoms with van der Waals surface area (Å²) in [6.07, 6.45) is -4.81. The molecule has 0 N–H and O–H groups in total. The summed E-state index contributed by atoms with van der Waals surface area (Å²) < 4.78 is 38.7. The molecule has 2 aromatic heterocycles. The van der Waals surface area contributed by atoms with Crippen molar-refractivity contribution in [2.45, 2.75) is 12.6 Å². The highest BCUT2D eigenvalue weighted by Gasteiger charge is 2.39. The maximum atomic E-state index is 12.3. The molecule has 4 nitrogen and oxygen atoms in total. The molecule has 0 unspecified atom stereocenters. The minimum atomic E-state index is -5.01. The minimum Gasteiger partial charge on any atom is -0.342 e. The lowest BCUT2D eigenvalue weighted by molar-refractivity contribution is -0.170. The van der Waals surface area contributed by atoms with E-state index in [0.717, 1.165) is 16.4 Å². The van der Waals surface area contributed by atoms with Crippen molar-refractivity contribution in [1.29, 1.82) is 0 Å². The Morgan fingerprint density at radius 3 is 2.52 bits per heavy atom. The van der Waals surface area contributed by atoms with Crippen molar-refractivity contribution in [1.82, 2.24) is 9.55 Å². The van der Waals surface area contributed by atoms with Gasteiger partial charge in [0.1, 0.15) is 5.69 Å². The number of hydrogen-bond acceptors (Lipinski definition) is 3. The molecule has 2 heterocycles. The van der Waals surface area contributed by atoms with Crippen LogP contribution in [0.5, 0.6) is 0 Å². The van der Waals surface area contributed by atoms with E-state index >= 15 is 0 Å². The van der Waals surface area contributed by atoms with E-state index in [1.165, 1.54) is 12.3 Å². The Hall–Kier alpha value is -2.70. The first-order valence-corrected chi connectivity index (χ1v) is 6.75. The number of fused-ring (bicyclic) bond motifs is 3. The lowest BCUT2D eigenvalue weighted by Crippen LogP contribution is -2.25. The van der Waals surface area contributed by atoms with Gasteiger partial charge < -0.3 is 4.57 Å². The van der Waals surface area contributed by atoms with E-state index in [1.807, 2.05) is 35.9 Å². The smallest absolute Gasteiger partial charge is 0.342 e. The summed E-state index contributed by atoms with van der Waals surface area (Å²) in [7, 11) is 1.83. The third-order valence-corrected chi connectivity index (χ3v) is 3.72. The summed E-state index contributed by atoms with van der Waals surface area (Å²) in [4.78, 5) is 26.8. The van der Waals surface area contributed by atoms with Crippen molar-refractivity contribution in [3.05, 3.63) is 42.2 Å². The van der Waals surface area contributed by atoms with E-state index in [0.29, 0.717) is 5.39 Å². The molecule has 3 rings (SSSR count). The van der Waals surface area contributed by atoms with Crippen molar-refractivity contribution in [3.63, 3.8) is 0 Å². The molecule has 0 aliphatic heterocycles. The predicted molar refractivity (Wildman–Crippen MR) is 78.2 cm³/mol. The van der Waals surface area contributed by atoms with Gasteiger partial charge in [-0.25, -0.2) is 0 Å². The zero-order chi connectivity index (χ0) is 16.8. The number of Topliss-reactive ketones (excluding diaryl/α,β-unsaturated/α-hetero) is 2. The van der Waals surface area contributed by atoms with Gasteiger partial charge >= 0.3 is 6.18 Å². The number of ketones is 2. The normalized spacial score (nSPS) is 12.0. The van der Waals surface area contributed by atoms with Crippen LogP contribution in [-0.4, -0.2) is 27.3 Å². The van der Waals surface area contributed by atoms with Crippen LogP contribution in [0.2, 0.25) is 0 Å². The maximum Gasteiger partial charge on any atom is 0.450 e. The van der Waals surface area contributed by atoms with Gasteiger partial charge in [0.25, 0.3) is 0 Å². The monoisotopic (exact) mass is 320 g/mol. The Kier molecular flexibility index (Phi) is 3.43. The number of carbonyl (C=O) groups is 2. The highest BCUT2D eigenvalue weighted by Crippen LogP contribution is 2.28. The Balaban J connectivity index is 2.05. The fourth-order valence-corrected chi connectivity index (χ4v) is 2.54. The molecule has 0 amide bonds. The lowest BCUT2D eigenvalue weighted by atomic mass is 10.1. The van der Waals surface area contributed by atoms with Gasteiger partial charge in [-0.1, -0.05) is 18.2 Å². The Morgan fingerprint density at radius 1 is 1.13 bits per heavy atom. The first-order valence-electron chi connectivity index (χ1n) is 6.75. The molecule has 7 heteroatoms. The van der Waals surface area contributed by atoms with Crippen molar-refractivity contribution >= 4 is 33.4 Å². The molecular weight excluding hydrogens is 309 g/mol. The second kappa shape index (κ2) is 5.19. The SMILES string of the molecule is Cn1c2ccccc2c2cc(C(=O)CC(=O)C(F)(F)F)ncc21. The van der Waals surface area contributed by atoms with Gasteiger partial charge in [-0.3, -0.25) is 14.6 Å². The fraction of sp³-hybridized carbons (Fsp3) is 0.188. The van der Waals surface area contributed by atoms with Gasteiger partial charge in [-0.15, -0.1) is 0 Å². The maximum absolute atomic E-state index is 12.3. The highest BCUT2D eigenvalue weighted by atomic mass is 19.4. The first-order chi connectivity index (χ1) is 10.8. The molecule has 1 aromatic carbocycles. The van der Waals surface area contributed by atoms with Crippen LogP contribution in [0.4, 0.5) is 13.2 Å². The van der Waals surface area contributed by atoms with Gasteiger partial charge in [0, 0.05) is 23.3 Å². The Bertz CT molecular complexity index is 942. The summed E-state index contributed by atoms with van der Waals surface area (Å²) in [6.45, 7) is 0. The molecule has 0 spiro atoms. The number of halogens is 3. The molecule has 0 atom stereocenters. The zero-order valence-corrected chi connectivity index (χ0v) is 12.0. The quantitative estimate of drug-likeness (QED) is 0.549. The number of alkyl halides is 3. The molecule has 0 saturated carbocycles. The molecule has 0 radical (unpaired) electrons. The van der Waals surface area contributed by atoms with E-state index in [2.05, 4.69) is 4.98 Å². The standard InChI is InChI=1S/C16H11F3N2O2/c1-21-12-5-3-2-4-9(12)10-6-11(20-8-13(10)21)14(22)7-15(23)16(17,18)19/h2-6,8H,7H2,1H3. The molecular formula is C16H11F3N2O2. The number of pyridine rings is 1. The van der Waals surface area contributed by atoms with Crippen LogP contribution < -0.4 is 0 Å². The van der Waals surface area contributed by atoms with Crippen LogP contribution in [0.3, 0.4) is 0 Å². The third kappa shape index (κ3) is 2.58. The number of aryl methyl sites for hydroxylation is 1. The molecule has 0 saturated heterocycles. The zero-order valence-electron chi connectivity index (χ0n) is 12.0. The molecule has 0 fully saturated rings. The van der Waals surface area contributed by atoms with E-state index in [-0.39, 0.29) is 5.69 Å². The van der Waals surface area contributed by atoms with Crippen molar-refractivity contribution in [3.8, 4) is 0 Å². The number of para-hydroxylation sites is 1. The number of aromatic nitrogens is 2. The average molecular weight is 320 g/mol. The van der Waals surface area contributed by atoms with Crippen molar-refractivity contribution < 1.29 is 22.8 Å². The fourth-order valence-electron chi connectivity index (χ4n) is 2.54.